The molecule has 0 atom stereocenters. The predicted octanol–water partition coefficient (Wildman–Crippen LogP) is 4.92. The van der Waals surface area contributed by atoms with Crippen LogP contribution in [0.1, 0.15) is 11.4 Å². The van der Waals surface area contributed by atoms with Crippen molar-refractivity contribution < 1.29 is 0 Å². The van der Waals surface area contributed by atoms with Crippen LogP contribution in [0.3, 0.4) is 0 Å². The lowest BCUT2D eigenvalue weighted by Gasteiger charge is -2.03. The number of amidine groups is 1. The topological polar surface area (TPSA) is 65.4 Å². The maximum absolute atomic E-state index is 6.17. The molecule has 0 bridgehead atoms. The summed E-state index contributed by atoms with van der Waals surface area (Å²) >= 11 is 6.17. The molecular formula is C21H16ClN5. The Morgan fingerprint density at radius 1 is 0.926 bits per heavy atom. The van der Waals surface area contributed by atoms with Gasteiger partial charge in [0.25, 0.3) is 0 Å². The summed E-state index contributed by atoms with van der Waals surface area (Å²) in [5.74, 6) is 1.12. The van der Waals surface area contributed by atoms with E-state index in [4.69, 9.17) is 11.6 Å². The number of nitrogens with zero attached hydrogens (tertiary/aromatic N) is 3. The van der Waals surface area contributed by atoms with E-state index in [9.17, 15) is 0 Å². The molecule has 2 N–H and O–H groups in total. The first-order valence-electron chi connectivity index (χ1n) is 8.42. The Balaban J connectivity index is 1.68. The number of rotatable bonds is 4. The Kier molecular flexibility index (Phi) is 4.94. The van der Waals surface area contributed by atoms with Gasteiger partial charge in [-0.05, 0) is 30.3 Å². The summed E-state index contributed by atoms with van der Waals surface area (Å²) in [4.78, 5) is 12.5. The molecule has 0 aliphatic carbocycles. The fraction of sp³-hybridized carbons (Fsp3) is 0. The van der Waals surface area contributed by atoms with Gasteiger partial charge in [0.2, 0.25) is 0 Å². The van der Waals surface area contributed by atoms with Crippen molar-refractivity contribution in [2.75, 3.05) is 0 Å². The average Bonchev–Trinajstić information content (AvgIpc) is 3.13. The zero-order valence-corrected chi connectivity index (χ0v) is 15.1. The van der Waals surface area contributed by atoms with Crippen LogP contribution in [-0.2, 0) is 0 Å². The molecule has 0 saturated heterocycles. The Morgan fingerprint density at radius 3 is 2.48 bits per heavy atom. The van der Waals surface area contributed by atoms with Crippen LogP contribution in [0.25, 0.3) is 11.0 Å². The van der Waals surface area contributed by atoms with Crippen LogP contribution in [-0.4, -0.2) is 22.0 Å². The molecule has 3 aromatic carbocycles. The number of nitrogens with one attached hydrogen (secondary N) is 2. The minimum absolute atomic E-state index is 0.515. The molecule has 0 spiro atoms. The summed E-state index contributed by atoms with van der Waals surface area (Å²) < 4.78 is 0. The van der Waals surface area contributed by atoms with Crippen LogP contribution in [0.2, 0.25) is 5.02 Å². The third kappa shape index (κ3) is 4.04. The molecule has 0 aliphatic heterocycles. The smallest absolute Gasteiger partial charge is 0.190 e. The van der Waals surface area contributed by atoms with Crippen LogP contribution in [0, 0.1) is 0 Å². The van der Waals surface area contributed by atoms with Crippen molar-refractivity contribution in [3.05, 3.63) is 95.3 Å². The third-order valence-electron chi connectivity index (χ3n) is 3.89. The van der Waals surface area contributed by atoms with Gasteiger partial charge in [0.05, 0.1) is 22.9 Å². The molecule has 4 aromatic rings. The second-order valence-corrected chi connectivity index (χ2v) is 6.20. The van der Waals surface area contributed by atoms with Crippen molar-refractivity contribution in [2.45, 2.75) is 0 Å². The summed E-state index contributed by atoms with van der Waals surface area (Å²) in [6, 6.07) is 25.0. The molecule has 6 heteroatoms. The van der Waals surface area contributed by atoms with E-state index in [0.717, 1.165) is 22.3 Å². The average molecular weight is 374 g/mol. The lowest BCUT2D eigenvalue weighted by atomic mass is 10.2. The molecule has 5 nitrogen and oxygen atoms in total. The fourth-order valence-corrected chi connectivity index (χ4v) is 2.75. The maximum atomic E-state index is 6.17. The number of aromatic nitrogens is 2. The first kappa shape index (κ1) is 17.0. The van der Waals surface area contributed by atoms with Gasteiger partial charge < -0.3 is 4.98 Å². The highest BCUT2D eigenvalue weighted by molar-refractivity contribution is 6.33. The van der Waals surface area contributed by atoms with E-state index in [1.807, 2.05) is 78.9 Å². The molecular weight excluding hydrogens is 358 g/mol. The highest BCUT2D eigenvalue weighted by atomic mass is 35.5. The van der Waals surface area contributed by atoms with E-state index in [2.05, 4.69) is 25.5 Å². The quantitative estimate of drug-likeness (QED) is 0.303. The maximum Gasteiger partial charge on any atom is 0.190 e. The normalized spacial score (nSPS) is 12.0. The number of imidazole rings is 1. The number of hydrogen-bond acceptors (Lipinski definition) is 3. The molecule has 27 heavy (non-hydrogen) atoms. The monoisotopic (exact) mass is 373 g/mol. The zero-order valence-electron chi connectivity index (χ0n) is 14.3. The standard InChI is InChI=1S/C21H16ClN5/c22-17-11-5-4-8-15(17)14-23-27-21(24-16-9-2-1-3-10-16)20-25-18-12-6-7-13-19(18)26-20/h1-14H,(H,24,27)(H,25,26). The lowest BCUT2D eigenvalue weighted by Crippen LogP contribution is -2.20. The largest absolute Gasteiger partial charge is 0.335 e. The van der Waals surface area contributed by atoms with Crippen LogP contribution >= 0.6 is 11.6 Å². The minimum atomic E-state index is 0.515. The summed E-state index contributed by atoms with van der Waals surface area (Å²) in [5.41, 5.74) is 6.40. The molecule has 0 fully saturated rings. The molecule has 132 valence electrons. The molecule has 1 heterocycles. The van der Waals surface area contributed by atoms with E-state index in [1.54, 1.807) is 6.21 Å². The third-order valence-corrected chi connectivity index (χ3v) is 4.23. The molecule has 0 unspecified atom stereocenters. The molecule has 1 aromatic heterocycles. The fourth-order valence-electron chi connectivity index (χ4n) is 2.57. The second-order valence-electron chi connectivity index (χ2n) is 5.79. The van der Waals surface area contributed by atoms with Gasteiger partial charge in [0, 0.05) is 10.6 Å². The number of benzene rings is 3. The van der Waals surface area contributed by atoms with E-state index in [-0.39, 0.29) is 0 Å². The Bertz CT molecular complexity index is 1080. The van der Waals surface area contributed by atoms with Crippen LogP contribution in [0.15, 0.2) is 89.0 Å². The Labute approximate surface area is 161 Å². The van der Waals surface area contributed by atoms with E-state index >= 15 is 0 Å². The summed E-state index contributed by atoms with van der Waals surface area (Å²) in [5, 5.41) is 4.93. The number of H-pyrrole nitrogens is 1. The van der Waals surface area contributed by atoms with Crippen molar-refractivity contribution in [2.24, 2.45) is 10.1 Å². The number of hydrogen-bond donors (Lipinski definition) is 2. The Morgan fingerprint density at radius 2 is 1.67 bits per heavy atom. The second kappa shape index (κ2) is 7.85. The van der Waals surface area contributed by atoms with Gasteiger partial charge in [-0.25, -0.2) is 9.98 Å². The van der Waals surface area contributed by atoms with Crippen molar-refractivity contribution in [3.8, 4) is 0 Å². The highest BCUT2D eigenvalue weighted by Crippen LogP contribution is 2.15. The van der Waals surface area contributed by atoms with E-state index in [1.165, 1.54) is 0 Å². The number of halogens is 1. The molecule has 0 saturated carbocycles. The van der Waals surface area contributed by atoms with Gasteiger partial charge >= 0.3 is 0 Å². The number of aromatic amines is 1. The van der Waals surface area contributed by atoms with Crippen molar-refractivity contribution in [1.82, 2.24) is 15.4 Å². The van der Waals surface area contributed by atoms with E-state index < -0.39 is 0 Å². The van der Waals surface area contributed by atoms with Crippen molar-refractivity contribution >= 4 is 40.4 Å². The van der Waals surface area contributed by atoms with Crippen LogP contribution < -0.4 is 5.43 Å². The zero-order chi connectivity index (χ0) is 18.5. The summed E-state index contributed by atoms with van der Waals surface area (Å²) in [7, 11) is 0. The van der Waals surface area contributed by atoms with Gasteiger partial charge in [0.1, 0.15) is 0 Å². The SMILES string of the molecule is Clc1ccccc1C=NNC(=Nc1ccccc1)c1nc2ccccc2[nH]1. The number of fused-ring (bicyclic) bond motifs is 1. The number of hydrazone groups is 1. The Hall–Kier alpha value is -3.44. The van der Waals surface area contributed by atoms with Crippen LogP contribution in [0.4, 0.5) is 5.69 Å². The number of aliphatic imine (C=N–C) groups is 1. The van der Waals surface area contributed by atoms with Crippen molar-refractivity contribution in [1.29, 1.82) is 0 Å². The molecule has 0 amide bonds. The highest BCUT2D eigenvalue weighted by Gasteiger charge is 2.09. The van der Waals surface area contributed by atoms with Gasteiger partial charge in [-0.2, -0.15) is 5.10 Å². The first-order valence-corrected chi connectivity index (χ1v) is 8.80. The van der Waals surface area contributed by atoms with Gasteiger partial charge in [-0.1, -0.05) is 60.1 Å². The summed E-state index contributed by atoms with van der Waals surface area (Å²) in [6.45, 7) is 0. The van der Waals surface area contributed by atoms with Gasteiger partial charge in [0.15, 0.2) is 11.7 Å². The minimum Gasteiger partial charge on any atom is -0.335 e. The molecule has 4 rings (SSSR count). The number of para-hydroxylation sites is 3. The summed E-state index contributed by atoms with van der Waals surface area (Å²) in [6.07, 6.45) is 1.66. The van der Waals surface area contributed by atoms with Crippen molar-refractivity contribution in [3.63, 3.8) is 0 Å². The molecule has 0 radical (unpaired) electrons. The van der Waals surface area contributed by atoms with Gasteiger partial charge in [-0.3, -0.25) is 5.43 Å². The lowest BCUT2D eigenvalue weighted by molar-refractivity contribution is 1.01. The van der Waals surface area contributed by atoms with Crippen LogP contribution in [0.5, 0.6) is 0 Å². The molecule has 0 aliphatic rings. The van der Waals surface area contributed by atoms with Gasteiger partial charge in [-0.15, -0.1) is 0 Å². The predicted molar refractivity (Wildman–Crippen MR) is 111 cm³/mol. The van der Waals surface area contributed by atoms with E-state index in [0.29, 0.717) is 16.7 Å². The first-order chi connectivity index (χ1) is 13.3.